The van der Waals surface area contributed by atoms with Crippen LogP contribution in [0.1, 0.15) is 57.1 Å². The van der Waals surface area contributed by atoms with E-state index in [9.17, 15) is 9.59 Å². The van der Waals surface area contributed by atoms with E-state index in [2.05, 4.69) is 39.4 Å². The van der Waals surface area contributed by atoms with Gasteiger partial charge in [-0.25, -0.2) is 0 Å². The number of nitrogens with one attached hydrogen (secondary N) is 1. The van der Waals surface area contributed by atoms with Gasteiger partial charge in [0.2, 0.25) is 5.91 Å². The van der Waals surface area contributed by atoms with Crippen LogP contribution in [0.4, 0.5) is 0 Å². The average molecular weight is 472 g/mol. The highest BCUT2D eigenvalue weighted by atomic mass is 32.1. The van der Waals surface area contributed by atoms with E-state index < -0.39 is 0 Å². The van der Waals surface area contributed by atoms with E-state index in [1.807, 2.05) is 13.8 Å². The first-order chi connectivity index (χ1) is 15.9. The number of carbonyl (C=O) groups is 2. The zero-order chi connectivity index (χ0) is 23.4. The Balaban J connectivity index is 1.20. The van der Waals surface area contributed by atoms with Gasteiger partial charge in [0.1, 0.15) is 0 Å². The van der Waals surface area contributed by atoms with Crippen molar-refractivity contribution in [2.45, 2.75) is 64.8 Å². The van der Waals surface area contributed by atoms with Crippen molar-refractivity contribution in [3.8, 4) is 0 Å². The maximum atomic E-state index is 13.0. The number of hydrogen-bond donors (Lipinski definition) is 1. The Morgan fingerprint density at radius 3 is 2.33 bits per heavy atom. The van der Waals surface area contributed by atoms with Crippen molar-refractivity contribution >= 4 is 29.2 Å². The summed E-state index contributed by atoms with van der Waals surface area (Å²) in [6.07, 6.45) is 6.25. The number of hydrogen-bond acceptors (Lipinski definition) is 4. The number of piperidine rings is 1. The number of likely N-dealkylation sites (tertiary alicyclic amines) is 2. The van der Waals surface area contributed by atoms with Crippen LogP contribution in [0, 0.1) is 11.3 Å². The van der Waals surface area contributed by atoms with Crippen LogP contribution in [-0.2, 0) is 27.2 Å². The standard InChI is InChI=1S/C26H37N3O3S/c1-3-32-24(31)14-19(2)27-25(33)29-13-10-26(18-29)8-11-28(12-9-26)23(30)17-20-15-21-6-4-5-7-22(21)16-20/h4-7,19-20H,3,8-18H2,1-2H3,(H,27,33). The summed E-state index contributed by atoms with van der Waals surface area (Å²) in [5, 5.41) is 4.03. The molecule has 33 heavy (non-hydrogen) atoms. The second-order valence-corrected chi connectivity index (χ2v) is 10.5. The lowest BCUT2D eigenvalue weighted by Crippen LogP contribution is -2.47. The molecule has 2 fully saturated rings. The van der Waals surface area contributed by atoms with E-state index in [0.29, 0.717) is 31.3 Å². The van der Waals surface area contributed by atoms with Crippen molar-refractivity contribution in [1.82, 2.24) is 15.1 Å². The van der Waals surface area contributed by atoms with Gasteiger partial charge in [0, 0.05) is 38.6 Å². The minimum Gasteiger partial charge on any atom is -0.466 e. The van der Waals surface area contributed by atoms with Crippen LogP contribution in [0.25, 0.3) is 0 Å². The van der Waals surface area contributed by atoms with Crippen molar-refractivity contribution in [3.63, 3.8) is 0 Å². The van der Waals surface area contributed by atoms with Gasteiger partial charge in [-0.05, 0) is 80.6 Å². The van der Waals surface area contributed by atoms with Crippen LogP contribution in [-0.4, -0.2) is 65.6 Å². The largest absolute Gasteiger partial charge is 0.466 e. The summed E-state index contributed by atoms with van der Waals surface area (Å²) >= 11 is 5.63. The van der Waals surface area contributed by atoms with Crippen molar-refractivity contribution in [2.75, 3.05) is 32.8 Å². The molecule has 4 rings (SSSR count). The Hall–Kier alpha value is -2.15. The Bertz CT molecular complexity index is 856. The molecular weight excluding hydrogens is 434 g/mol. The van der Waals surface area contributed by atoms with Gasteiger partial charge in [-0.1, -0.05) is 24.3 Å². The third-order valence-corrected chi connectivity index (χ3v) is 8.03. The predicted octanol–water partition coefficient (Wildman–Crippen LogP) is 3.32. The molecule has 0 aromatic heterocycles. The van der Waals surface area contributed by atoms with Crippen LogP contribution < -0.4 is 5.32 Å². The topological polar surface area (TPSA) is 61.9 Å². The molecular formula is C26H37N3O3S. The fourth-order valence-electron chi connectivity index (χ4n) is 5.74. The first kappa shape index (κ1) is 24.0. The second-order valence-electron chi connectivity index (χ2n) is 10.2. The number of ether oxygens (including phenoxy) is 1. The smallest absolute Gasteiger partial charge is 0.307 e. The molecule has 1 spiro atoms. The Morgan fingerprint density at radius 2 is 1.73 bits per heavy atom. The third kappa shape index (κ3) is 5.86. The van der Waals surface area contributed by atoms with Crippen LogP contribution in [0.5, 0.6) is 0 Å². The monoisotopic (exact) mass is 471 g/mol. The summed E-state index contributed by atoms with van der Waals surface area (Å²) in [6, 6.07) is 8.55. The lowest BCUT2D eigenvalue weighted by molar-refractivity contribution is -0.143. The fraction of sp³-hybridized carbons (Fsp3) is 0.654. The SMILES string of the molecule is CCOC(=O)CC(C)NC(=S)N1CCC2(CCN(C(=O)CC3Cc4ccccc4C3)CC2)C1. The normalized spacial score (nSPS) is 20.5. The minimum atomic E-state index is -0.197. The molecule has 1 unspecified atom stereocenters. The van der Waals surface area contributed by atoms with Crippen LogP contribution in [0.3, 0.4) is 0 Å². The number of rotatable bonds is 6. The molecule has 7 heteroatoms. The van der Waals surface area contributed by atoms with Gasteiger partial charge >= 0.3 is 5.97 Å². The molecule has 2 aliphatic heterocycles. The van der Waals surface area contributed by atoms with E-state index in [-0.39, 0.29) is 17.4 Å². The van der Waals surface area contributed by atoms with Gasteiger partial charge in [-0.2, -0.15) is 0 Å². The lowest BCUT2D eigenvalue weighted by atomic mass is 9.77. The minimum absolute atomic E-state index is 0.0469. The predicted molar refractivity (Wildman–Crippen MR) is 133 cm³/mol. The number of thiocarbonyl (C=S) groups is 1. The summed E-state index contributed by atoms with van der Waals surface area (Å²) in [6.45, 7) is 7.76. The molecule has 2 saturated heterocycles. The summed E-state index contributed by atoms with van der Waals surface area (Å²) < 4.78 is 5.03. The molecule has 1 atom stereocenters. The highest BCUT2D eigenvalue weighted by molar-refractivity contribution is 7.80. The molecule has 1 aliphatic carbocycles. The second kappa shape index (κ2) is 10.4. The number of nitrogens with zero attached hydrogens (tertiary/aromatic N) is 2. The molecule has 1 N–H and O–H groups in total. The molecule has 1 aromatic carbocycles. The lowest BCUT2D eigenvalue weighted by Gasteiger charge is -2.39. The van der Waals surface area contributed by atoms with Crippen LogP contribution in [0.15, 0.2) is 24.3 Å². The molecule has 0 saturated carbocycles. The van der Waals surface area contributed by atoms with Gasteiger partial charge in [-0.3, -0.25) is 9.59 Å². The quantitative estimate of drug-likeness (QED) is 0.507. The number of amides is 1. The van der Waals surface area contributed by atoms with Gasteiger partial charge in [0.05, 0.1) is 13.0 Å². The Kier molecular flexibility index (Phi) is 7.57. The van der Waals surface area contributed by atoms with Crippen LogP contribution >= 0.6 is 12.2 Å². The van der Waals surface area contributed by atoms with E-state index in [0.717, 1.165) is 63.4 Å². The van der Waals surface area contributed by atoms with Crippen molar-refractivity contribution in [1.29, 1.82) is 0 Å². The molecule has 0 bridgehead atoms. The van der Waals surface area contributed by atoms with Crippen molar-refractivity contribution in [3.05, 3.63) is 35.4 Å². The van der Waals surface area contributed by atoms with Crippen molar-refractivity contribution in [2.24, 2.45) is 11.3 Å². The first-order valence-electron chi connectivity index (χ1n) is 12.4. The summed E-state index contributed by atoms with van der Waals surface area (Å²) in [5.41, 5.74) is 3.08. The summed E-state index contributed by atoms with van der Waals surface area (Å²) in [4.78, 5) is 29.0. The van der Waals surface area contributed by atoms with E-state index >= 15 is 0 Å². The Labute approximate surface area is 203 Å². The van der Waals surface area contributed by atoms with Gasteiger partial charge in [-0.15, -0.1) is 0 Å². The summed E-state index contributed by atoms with van der Waals surface area (Å²) in [5.74, 6) is 0.576. The number of esters is 1. The van der Waals surface area contributed by atoms with Crippen molar-refractivity contribution < 1.29 is 14.3 Å². The maximum absolute atomic E-state index is 13.0. The number of carbonyl (C=O) groups excluding carboxylic acids is 2. The van der Waals surface area contributed by atoms with Gasteiger partial charge in [0.25, 0.3) is 0 Å². The molecule has 180 valence electrons. The highest BCUT2D eigenvalue weighted by Gasteiger charge is 2.42. The maximum Gasteiger partial charge on any atom is 0.307 e. The van der Waals surface area contributed by atoms with Gasteiger partial charge < -0.3 is 19.9 Å². The molecule has 3 aliphatic rings. The molecule has 6 nitrogen and oxygen atoms in total. The third-order valence-electron chi connectivity index (χ3n) is 7.65. The zero-order valence-electron chi connectivity index (χ0n) is 20.0. The number of fused-ring (bicyclic) bond motifs is 1. The van der Waals surface area contributed by atoms with Crippen LogP contribution in [0.2, 0.25) is 0 Å². The number of benzene rings is 1. The highest BCUT2D eigenvalue weighted by Crippen LogP contribution is 2.41. The first-order valence-corrected chi connectivity index (χ1v) is 12.8. The molecule has 1 aromatic rings. The fourth-order valence-corrected chi connectivity index (χ4v) is 6.10. The van der Waals surface area contributed by atoms with Gasteiger partial charge in [0.15, 0.2) is 5.11 Å². The molecule has 1 amide bonds. The van der Waals surface area contributed by atoms with E-state index in [1.54, 1.807) is 0 Å². The zero-order valence-corrected chi connectivity index (χ0v) is 20.8. The van der Waals surface area contributed by atoms with E-state index in [4.69, 9.17) is 17.0 Å². The van der Waals surface area contributed by atoms with E-state index in [1.165, 1.54) is 11.1 Å². The molecule has 2 heterocycles. The molecule has 0 radical (unpaired) electrons. The Morgan fingerprint density at radius 1 is 1.12 bits per heavy atom. The summed E-state index contributed by atoms with van der Waals surface area (Å²) in [7, 11) is 0. The average Bonchev–Trinajstić information content (AvgIpc) is 3.38.